The molecule has 0 radical (unpaired) electrons. The van der Waals surface area contributed by atoms with Crippen LogP contribution in [-0.4, -0.2) is 18.5 Å². The molecule has 0 fully saturated rings. The summed E-state index contributed by atoms with van der Waals surface area (Å²) in [7, 11) is 0. The molecule has 0 bridgehead atoms. The van der Waals surface area contributed by atoms with Crippen molar-refractivity contribution in [1.29, 1.82) is 0 Å². The van der Waals surface area contributed by atoms with Gasteiger partial charge < -0.3 is 4.74 Å². The van der Waals surface area contributed by atoms with Crippen LogP contribution < -0.4 is 0 Å². The first-order chi connectivity index (χ1) is 7.91. The molecule has 1 rings (SSSR count). The van der Waals surface area contributed by atoms with Crippen LogP contribution >= 0.6 is 15.9 Å². The average molecular weight is 307 g/mol. The number of Topliss-reactive ketones (excluding diaryl/α,β-unsaturated/α-hetero) is 1. The Labute approximate surface area is 107 Å². The number of ketones is 1. The van der Waals surface area contributed by atoms with Gasteiger partial charge in [-0.3, -0.25) is 4.79 Å². The molecule has 0 aliphatic rings. The fraction of sp³-hybridized carbons (Fsp3) is 0.417. The first-order valence-electron chi connectivity index (χ1n) is 5.17. The largest absolute Gasteiger partial charge is 0.371 e. The molecule has 0 heterocycles. The predicted molar refractivity (Wildman–Crippen MR) is 63.9 cm³/mol. The van der Waals surface area contributed by atoms with Gasteiger partial charge in [-0.1, -0.05) is 0 Å². The van der Waals surface area contributed by atoms with Gasteiger partial charge in [-0.15, -0.1) is 0 Å². The van der Waals surface area contributed by atoms with Crippen LogP contribution in [0.5, 0.6) is 0 Å². The zero-order valence-corrected chi connectivity index (χ0v) is 11.2. The van der Waals surface area contributed by atoms with Gasteiger partial charge in [0.25, 0.3) is 0 Å². The highest BCUT2D eigenvalue weighted by Crippen LogP contribution is 2.22. The van der Waals surface area contributed by atoms with Gasteiger partial charge in [0.15, 0.2) is 5.78 Å². The molecule has 0 amide bonds. The molecule has 0 aliphatic heterocycles. The second-order valence-electron chi connectivity index (χ2n) is 3.90. The Morgan fingerprint density at radius 1 is 1.41 bits per heavy atom. The van der Waals surface area contributed by atoms with E-state index in [1.807, 2.05) is 0 Å². The highest BCUT2D eigenvalue weighted by molar-refractivity contribution is 9.10. The molecule has 17 heavy (non-hydrogen) atoms. The smallest absolute Gasteiger partial charge is 0.163 e. The van der Waals surface area contributed by atoms with E-state index in [1.165, 1.54) is 6.07 Å². The van der Waals surface area contributed by atoms with Crippen LogP contribution in [0.3, 0.4) is 0 Å². The molecule has 0 aliphatic carbocycles. The molecule has 0 N–H and O–H groups in total. The highest BCUT2D eigenvalue weighted by atomic mass is 79.9. The molecule has 1 aromatic rings. The maximum absolute atomic E-state index is 13.5. The third-order valence-corrected chi connectivity index (χ3v) is 2.70. The fourth-order valence-corrected chi connectivity index (χ4v) is 1.61. The van der Waals surface area contributed by atoms with Crippen LogP contribution in [0.25, 0.3) is 0 Å². The van der Waals surface area contributed by atoms with E-state index in [1.54, 1.807) is 13.8 Å². The number of carbonyl (C=O) groups is 1. The summed E-state index contributed by atoms with van der Waals surface area (Å²) < 4.78 is 32.1. The Morgan fingerprint density at radius 3 is 2.65 bits per heavy atom. The summed E-state index contributed by atoms with van der Waals surface area (Å²) >= 11 is 2.95. The normalized spacial score (nSPS) is 10.9. The third-order valence-electron chi connectivity index (χ3n) is 2.09. The van der Waals surface area contributed by atoms with Crippen LogP contribution in [-0.2, 0) is 16.0 Å². The van der Waals surface area contributed by atoms with Crippen molar-refractivity contribution in [2.24, 2.45) is 0 Å². The van der Waals surface area contributed by atoms with Crippen molar-refractivity contribution in [3.8, 4) is 0 Å². The maximum Gasteiger partial charge on any atom is 0.163 e. The van der Waals surface area contributed by atoms with Gasteiger partial charge in [0.1, 0.15) is 18.2 Å². The zero-order chi connectivity index (χ0) is 13.0. The Kier molecular flexibility index (Phi) is 5.21. The molecule has 94 valence electrons. The van der Waals surface area contributed by atoms with Crippen LogP contribution in [0.15, 0.2) is 16.6 Å². The Balaban J connectivity index is 2.74. The van der Waals surface area contributed by atoms with Gasteiger partial charge in [-0.2, -0.15) is 0 Å². The first kappa shape index (κ1) is 14.3. The number of halogens is 3. The topological polar surface area (TPSA) is 26.3 Å². The monoisotopic (exact) mass is 306 g/mol. The number of ether oxygens (including phenoxy) is 1. The summed E-state index contributed by atoms with van der Waals surface area (Å²) in [6, 6.07) is 2.39. The molecule has 0 saturated heterocycles. The lowest BCUT2D eigenvalue weighted by Crippen LogP contribution is -2.16. The lowest BCUT2D eigenvalue weighted by Gasteiger charge is -2.08. The standard InChI is InChI=1S/C12H13BrF2O2/c1-7(2)17-6-8(16)5-9-11(14)4-3-10(13)12(9)15/h3-4,7H,5-6H2,1-2H3. The van der Waals surface area contributed by atoms with Gasteiger partial charge in [0.05, 0.1) is 10.6 Å². The first-order valence-corrected chi connectivity index (χ1v) is 5.96. The van der Waals surface area contributed by atoms with Crippen molar-refractivity contribution < 1.29 is 18.3 Å². The van der Waals surface area contributed by atoms with Gasteiger partial charge in [-0.05, 0) is 41.9 Å². The van der Waals surface area contributed by atoms with Crippen LogP contribution in [0.4, 0.5) is 8.78 Å². The summed E-state index contributed by atoms with van der Waals surface area (Å²) in [4.78, 5) is 11.5. The van der Waals surface area contributed by atoms with Gasteiger partial charge >= 0.3 is 0 Å². The summed E-state index contributed by atoms with van der Waals surface area (Å²) in [5.41, 5.74) is -0.225. The van der Waals surface area contributed by atoms with E-state index in [0.29, 0.717) is 0 Å². The predicted octanol–water partition coefficient (Wildman–Crippen LogP) is 3.26. The number of benzene rings is 1. The second kappa shape index (κ2) is 6.21. The SMILES string of the molecule is CC(C)OCC(=O)Cc1c(F)ccc(Br)c1F. The quantitative estimate of drug-likeness (QED) is 0.781. The fourth-order valence-electron chi connectivity index (χ4n) is 1.24. The van der Waals surface area contributed by atoms with E-state index < -0.39 is 11.6 Å². The molecule has 0 aromatic heterocycles. The number of hydrogen-bond acceptors (Lipinski definition) is 2. The van der Waals surface area contributed by atoms with Crippen LogP contribution in [0, 0.1) is 11.6 Å². The molecule has 0 saturated carbocycles. The van der Waals surface area contributed by atoms with E-state index in [-0.39, 0.29) is 35.0 Å². The average Bonchev–Trinajstić information content (AvgIpc) is 2.27. The molecule has 0 spiro atoms. The van der Waals surface area contributed by atoms with Crippen molar-refractivity contribution in [3.63, 3.8) is 0 Å². The van der Waals surface area contributed by atoms with E-state index in [2.05, 4.69) is 15.9 Å². The maximum atomic E-state index is 13.5. The Bertz CT molecular complexity index is 419. The van der Waals surface area contributed by atoms with E-state index in [4.69, 9.17) is 4.74 Å². The molecule has 0 unspecified atom stereocenters. The summed E-state index contributed by atoms with van der Waals surface area (Å²) in [6.07, 6.45) is -0.389. The van der Waals surface area contributed by atoms with Gasteiger partial charge in [0, 0.05) is 12.0 Å². The lowest BCUT2D eigenvalue weighted by atomic mass is 10.1. The zero-order valence-electron chi connectivity index (χ0n) is 9.60. The molecular weight excluding hydrogens is 294 g/mol. The minimum atomic E-state index is -0.733. The van der Waals surface area contributed by atoms with Crippen molar-refractivity contribution in [1.82, 2.24) is 0 Å². The molecule has 5 heteroatoms. The van der Waals surface area contributed by atoms with Crippen molar-refractivity contribution in [2.45, 2.75) is 26.4 Å². The van der Waals surface area contributed by atoms with E-state index in [9.17, 15) is 13.6 Å². The van der Waals surface area contributed by atoms with Crippen LogP contribution in [0.1, 0.15) is 19.4 Å². The van der Waals surface area contributed by atoms with E-state index >= 15 is 0 Å². The minimum absolute atomic E-state index is 0.0869. The summed E-state index contributed by atoms with van der Waals surface area (Å²) in [6.45, 7) is 3.43. The number of carbonyl (C=O) groups excluding carboxylic acids is 1. The molecule has 0 atom stereocenters. The van der Waals surface area contributed by atoms with Crippen molar-refractivity contribution in [2.75, 3.05) is 6.61 Å². The summed E-state index contributed by atoms with van der Waals surface area (Å²) in [5, 5.41) is 0. The van der Waals surface area contributed by atoms with Crippen molar-refractivity contribution >= 4 is 21.7 Å². The molecular formula is C12H13BrF2O2. The third kappa shape index (κ3) is 4.16. The second-order valence-corrected chi connectivity index (χ2v) is 4.75. The van der Waals surface area contributed by atoms with Crippen molar-refractivity contribution in [3.05, 3.63) is 33.8 Å². The molecule has 1 aromatic carbocycles. The highest BCUT2D eigenvalue weighted by Gasteiger charge is 2.16. The number of rotatable bonds is 5. The lowest BCUT2D eigenvalue weighted by molar-refractivity contribution is -0.124. The minimum Gasteiger partial charge on any atom is -0.371 e. The van der Waals surface area contributed by atoms with Crippen LogP contribution in [0.2, 0.25) is 0 Å². The Hall–Kier alpha value is -0.810. The molecule has 2 nitrogen and oxygen atoms in total. The van der Waals surface area contributed by atoms with Gasteiger partial charge in [-0.25, -0.2) is 8.78 Å². The number of hydrogen-bond donors (Lipinski definition) is 0. The van der Waals surface area contributed by atoms with Gasteiger partial charge in [0.2, 0.25) is 0 Å². The summed E-state index contributed by atoms with van der Waals surface area (Å²) in [5.74, 6) is -1.80. The Morgan fingerprint density at radius 2 is 2.06 bits per heavy atom. The van der Waals surface area contributed by atoms with E-state index in [0.717, 1.165) is 6.07 Å².